The first kappa shape index (κ1) is 19.2. The molecule has 0 spiro atoms. The number of carbonyl (C=O) groups is 1. The van der Waals surface area contributed by atoms with Gasteiger partial charge < -0.3 is 9.46 Å². The third-order valence-corrected chi connectivity index (χ3v) is 4.30. The lowest BCUT2D eigenvalue weighted by molar-refractivity contribution is -0.134. The summed E-state index contributed by atoms with van der Waals surface area (Å²) >= 11 is 0. The molecule has 1 aromatic carbocycles. The van der Waals surface area contributed by atoms with Crippen LogP contribution in [-0.2, 0) is 26.9 Å². The number of benzene rings is 1. The molecule has 0 aliphatic rings. The average Bonchev–Trinajstić information content (AvgIpc) is 2.43. The van der Waals surface area contributed by atoms with E-state index in [-0.39, 0.29) is 17.7 Å². The van der Waals surface area contributed by atoms with Crippen molar-refractivity contribution in [3.8, 4) is 0 Å². The van der Waals surface area contributed by atoms with Crippen LogP contribution in [0.5, 0.6) is 0 Å². The van der Waals surface area contributed by atoms with Crippen molar-refractivity contribution in [2.24, 2.45) is 0 Å². The Morgan fingerprint density at radius 2 is 1.78 bits per heavy atom. The smallest absolute Gasteiger partial charge is 0.332 e. The monoisotopic (exact) mass is 349 g/mol. The molecule has 0 fully saturated rings. The van der Waals surface area contributed by atoms with Crippen LogP contribution >= 0.6 is 0 Å². The Morgan fingerprint density at radius 1 is 1.22 bits per heavy atom. The van der Waals surface area contributed by atoms with E-state index in [4.69, 9.17) is 0 Å². The third-order valence-electron chi connectivity index (χ3n) is 2.74. The van der Waals surface area contributed by atoms with Crippen molar-refractivity contribution in [2.45, 2.75) is 31.9 Å². The van der Waals surface area contributed by atoms with Gasteiger partial charge in [0.05, 0.1) is 11.9 Å². The van der Waals surface area contributed by atoms with Gasteiger partial charge in [0.25, 0.3) is 0 Å². The van der Waals surface area contributed by atoms with E-state index in [0.29, 0.717) is 12.1 Å². The molecule has 0 heterocycles. The van der Waals surface area contributed by atoms with Crippen molar-refractivity contribution >= 4 is 17.0 Å². The molecule has 1 atom stereocenters. The molecule has 0 saturated heterocycles. The van der Waals surface area contributed by atoms with Gasteiger partial charge >= 0.3 is 5.97 Å². The van der Waals surface area contributed by atoms with Gasteiger partial charge in [0.1, 0.15) is 16.8 Å². The zero-order valence-electron chi connectivity index (χ0n) is 13.2. The van der Waals surface area contributed by atoms with Gasteiger partial charge in [-0.3, -0.25) is 0 Å². The largest absolute Gasteiger partial charge is 0.466 e. The number of halogens is 3. The molecule has 0 saturated carbocycles. The van der Waals surface area contributed by atoms with Crippen molar-refractivity contribution in [2.75, 3.05) is 7.11 Å². The minimum atomic E-state index is -1.59. The SMILES string of the molecule is COC(=O)/C=C(/Cc1cc(F)c(F)cc1F)N[S@](=O)C(C)(C)C. The van der Waals surface area contributed by atoms with Crippen LogP contribution in [0.15, 0.2) is 23.9 Å². The number of ether oxygens (including phenoxy) is 1. The van der Waals surface area contributed by atoms with Crippen LogP contribution in [0.25, 0.3) is 0 Å². The van der Waals surface area contributed by atoms with E-state index >= 15 is 0 Å². The molecule has 0 aromatic heterocycles. The number of methoxy groups -OCH3 is 1. The van der Waals surface area contributed by atoms with Crippen LogP contribution in [0.2, 0.25) is 0 Å². The van der Waals surface area contributed by atoms with E-state index in [2.05, 4.69) is 9.46 Å². The van der Waals surface area contributed by atoms with E-state index in [9.17, 15) is 22.2 Å². The van der Waals surface area contributed by atoms with E-state index in [1.54, 1.807) is 20.8 Å². The van der Waals surface area contributed by atoms with Gasteiger partial charge in [0.15, 0.2) is 11.6 Å². The number of nitrogens with one attached hydrogen (secondary N) is 1. The topological polar surface area (TPSA) is 55.4 Å². The number of rotatable bonds is 5. The van der Waals surface area contributed by atoms with Gasteiger partial charge in [-0.05, 0) is 32.4 Å². The highest BCUT2D eigenvalue weighted by Gasteiger charge is 2.21. The molecule has 23 heavy (non-hydrogen) atoms. The predicted molar refractivity (Wildman–Crippen MR) is 81.2 cm³/mol. The van der Waals surface area contributed by atoms with Gasteiger partial charge in [-0.2, -0.15) is 0 Å². The van der Waals surface area contributed by atoms with Crippen LogP contribution < -0.4 is 4.72 Å². The van der Waals surface area contributed by atoms with E-state index in [1.807, 2.05) is 0 Å². The second-order valence-corrected chi connectivity index (χ2v) is 7.68. The average molecular weight is 349 g/mol. The Labute approximate surface area is 135 Å². The molecule has 0 unspecified atom stereocenters. The van der Waals surface area contributed by atoms with Crippen molar-refractivity contribution < 1.29 is 26.9 Å². The summed E-state index contributed by atoms with van der Waals surface area (Å²) in [7, 11) is -0.444. The molecule has 0 aliphatic carbocycles. The summed E-state index contributed by atoms with van der Waals surface area (Å²) in [6, 6.07) is 1.11. The van der Waals surface area contributed by atoms with Crippen molar-refractivity contribution in [1.29, 1.82) is 0 Å². The standard InChI is InChI=1S/C15H18F3NO3S/c1-15(2,3)23(21)19-10(7-14(20)22-4)5-9-6-12(17)13(18)8-11(9)16/h6-8,19H,5H2,1-4H3/b10-7-/t23-/m1/s1. The molecule has 0 radical (unpaired) electrons. The lowest BCUT2D eigenvalue weighted by atomic mass is 10.1. The van der Waals surface area contributed by atoms with Crippen LogP contribution in [0.3, 0.4) is 0 Å². The summed E-state index contributed by atoms with van der Waals surface area (Å²) in [6.45, 7) is 5.10. The Morgan fingerprint density at radius 3 is 2.30 bits per heavy atom. The van der Waals surface area contributed by atoms with Crippen molar-refractivity contribution in [3.05, 3.63) is 46.9 Å². The highest BCUT2D eigenvalue weighted by molar-refractivity contribution is 7.84. The van der Waals surface area contributed by atoms with Gasteiger partial charge in [-0.25, -0.2) is 22.2 Å². The first-order valence-corrected chi connectivity index (χ1v) is 7.80. The Hall–Kier alpha value is -1.83. The van der Waals surface area contributed by atoms with Crippen molar-refractivity contribution in [1.82, 2.24) is 4.72 Å². The lowest BCUT2D eigenvalue weighted by Gasteiger charge is -2.20. The highest BCUT2D eigenvalue weighted by atomic mass is 32.2. The minimum Gasteiger partial charge on any atom is -0.466 e. The number of hydrogen-bond donors (Lipinski definition) is 1. The molecule has 1 aromatic rings. The second kappa shape index (κ2) is 7.63. The molecule has 128 valence electrons. The first-order valence-electron chi connectivity index (χ1n) is 6.65. The van der Waals surface area contributed by atoms with Crippen molar-refractivity contribution in [3.63, 3.8) is 0 Å². The quantitative estimate of drug-likeness (QED) is 0.505. The zero-order valence-corrected chi connectivity index (χ0v) is 14.0. The van der Waals surface area contributed by atoms with E-state index in [1.165, 1.54) is 0 Å². The molecule has 1 N–H and O–H groups in total. The van der Waals surface area contributed by atoms with Gasteiger partial charge in [0, 0.05) is 24.3 Å². The first-order chi connectivity index (χ1) is 10.5. The Kier molecular flexibility index (Phi) is 6.37. The molecular weight excluding hydrogens is 331 g/mol. The second-order valence-electron chi connectivity index (χ2n) is 5.71. The van der Waals surface area contributed by atoms with Gasteiger partial charge in [-0.15, -0.1) is 0 Å². The third kappa shape index (κ3) is 5.70. The van der Waals surface area contributed by atoms with E-state index < -0.39 is 39.2 Å². The summed E-state index contributed by atoms with van der Waals surface area (Å²) < 4.78 is 58.5. The summed E-state index contributed by atoms with van der Waals surface area (Å²) in [5.74, 6) is -4.24. The fourth-order valence-electron chi connectivity index (χ4n) is 1.49. The molecule has 0 amide bonds. The predicted octanol–water partition coefficient (Wildman–Crippen LogP) is 2.76. The van der Waals surface area contributed by atoms with E-state index in [0.717, 1.165) is 13.2 Å². The van der Waals surface area contributed by atoms with Crippen LogP contribution in [0.4, 0.5) is 13.2 Å². The summed E-state index contributed by atoms with van der Waals surface area (Å²) in [4.78, 5) is 11.4. The minimum absolute atomic E-state index is 0.0648. The molecule has 0 aliphatic heterocycles. The number of esters is 1. The van der Waals surface area contributed by atoms with Gasteiger partial charge in [0.2, 0.25) is 0 Å². The zero-order chi connectivity index (χ0) is 17.8. The van der Waals surface area contributed by atoms with Gasteiger partial charge in [-0.1, -0.05) is 0 Å². The van der Waals surface area contributed by atoms with Crippen LogP contribution in [-0.4, -0.2) is 22.0 Å². The molecular formula is C15H18F3NO3S. The molecule has 4 nitrogen and oxygen atoms in total. The van der Waals surface area contributed by atoms with Crippen LogP contribution in [0, 0.1) is 17.5 Å². The molecule has 0 bridgehead atoms. The number of carbonyl (C=O) groups excluding carboxylic acids is 1. The van der Waals surface area contributed by atoms with Crippen LogP contribution in [0.1, 0.15) is 26.3 Å². The highest BCUT2D eigenvalue weighted by Crippen LogP contribution is 2.18. The lowest BCUT2D eigenvalue weighted by Crippen LogP contribution is -2.33. The normalized spacial score (nSPS) is 13.6. The maximum absolute atomic E-state index is 13.7. The Balaban J connectivity index is 3.12. The molecule has 1 rings (SSSR count). The number of allylic oxidation sites excluding steroid dienone is 1. The maximum Gasteiger partial charge on any atom is 0.332 e. The summed E-state index contributed by atoms with van der Waals surface area (Å²) in [5.41, 5.74) is -0.118. The maximum atomic E-state index is 13.7. The fourth-order valence-corrected chi connectivity index (χ4v) is 2.17. The molecule has 8 heteroatoms. The summed E-state index contributed by atoms with van der Waals surface area (Å²) in [6.07, 6.45) is 0.713. The summed E-state index contributed by atoms with van der Waals surface area (Å²) in [5, 5.41) is 0. The number of hydrogen-bond acceptors (Lipinski definition) is 3. The fraction of sp³-hybridized carbons (Fsp3) is 0.400. The Bertz CT molecular complexity index is 654.